The smallest absolute Gasteiger partial charge is 0.188 e. The van der Waals surface area contributed by atoms with Crippen LogP contribution in [0, 0.1) is 12.7 Å². The van der Waals surface area contributed by atoms with Gasteiger partial charge >= 0.3 is 0 Å². The number of aryl methyl sites for hydroxylation is 1. The molecule has 2 bridgehead atoms. The molecule has 0 saturated carbocycles. The Morgan fingerprint density at radius 2 is 2.00 bits per heavy atom. The van der Waals surface area contributed by atoms with Crippen LogP contribution in [0.3, 0.4) is 0 Å². The van der Waals surface area contributed by atoms with E-state index in [1.807, 2.05) is 24.0 Å². The van der Waals surface area contributed by atoms with Crippen molar-refractivity contribution in [1.29, 1.82) is 0 Å². The molecule has 0 amide bonds. The molecule has 2 aliphatic rings. The van der Waals surface area contributed by atoms with Gasteiger partial charge in [-0.25, -0.2) is 4.39 Å². The highest BCUT2D eigenvalue weighted by Crippen LogP contribution is 2.45. The molecule has 23 heavy (non-hydrogen) atoms. The van der Waals surface area contributed by atoms with E-state index in [1.54, 1.807) is 6.07 Å². The van der Waals surface area contributed by atoms with E-state index in [2.05, 4.69) is 24.4 Å². The minimum atomic E-state index is -0.590. The number of thiocarbonyl (C=S) groups is 1. The Morgan fingerprint density at radius 3 is 2.74 bits per heavy atom. The van der Waals surface area contributed by atoms with E-state index in [9.17, 15) is 4.39 Å². The van der Waals surface area contributed by atoms with Gasteiger partial charge in [-0.3, -0.25) is 4.90 Å². The highest BCUT2D eigenvalue weighted by Gasteiger charge is 2.48. The lowest BCUT2D eigenvalue weighted by atomic mass is 9.90. The predicted octanol–water partition coefficient (Wildman–Crippen LogP) is 4.07. The quantitative estimate of drug-likeness (QED) is 0.798. The summed E-state index contributed by atoms with van der Waals surface area (Å²) in [7, 11) is 0. The van der Waals surface area contributed by atoms with Crippen LogP contribution in [-0.2, 0) is 0 Å². The van der Waals surface area contributed by atoms with Crippen molar-refractivity contribution in [1.82, 2.24) is 5.32 Å². The van der Waals surface area contributed by atoms with E-state index in [1.165, 1.54) is 17.7 Å². The third-order valence-electron chi connectivity index (χ3n) is 4.53. The van der Waals surface area contributed by atoms with Crippen molar-refractivity contribution in [3.63, 3.8) is 0 Å². The Morgan fingerprint density at radius 1 is 1.26 bits per heavy atom. The second-order valence-electron chi connectivity index (χ2n) is 6.34. The molecule has 4 rings (SSSR count). The zero-order valence-electron chi connectivity index (χ0n) is 13.0. The standard InChI is InChI=1S/C18H17FN2OS/c1-11-3-6-13(7-4-11)21-17(23)20-15-10-18(21,2)22-16-8-5-12(19)9-14(15)16/h3-9,15H,10H2,1-2H3,(H,20,23)/t15-,18+/m0/s1. The molecule has 0 radical (unpaired) electrons. The summed E-state index contributed by atoms with van der Waals surface area (Å²) in [5.74, 6) is 0.446. The minimum Gasteiger partial charge on any atom is -0.467 e. The van der Waals surface area contributed by atoms with Crippen molar-refractivity contribution < 1.29 is 9.13 Å². The Bertz CT molecular complexity index is 792. The number of benzene rings is 2. The molecule has 5 heteroatoms. The second-order valence-corrected chi connectivity index (χ2v) is 6.72. The van der Waals surface area contributed by atoms with Gasteiger partial charge in [0, 0.05) is 17.7 Å². The molecular weight excluding hydrogens is 311 g/mol. The summed E-state index contributed by atoms with van der Waals surface area (Å²) >= 11 is 5.57. The van der Waals surface area contributed by atoms with Crippen molar-refractivity contribution in [2.75, 3.05) is 4.90 Å². The largest absolute Gasteiger partial charge is 0.467 e. The normalized spacial score (nSPS) is 25.4. The van der Waals surface area contributed by atoms with E-state index in [4.69, 9.17) is 17.0 Å². The van der Waals surface area contributed by atoms with Gasteiger partial charge in [0.2, 0.25) is 0 Å². The number of hydrogen-bond acceptors (Lipinski definition) is 2. The number of fused-ring (bicyclic) bond motifs is 4. The maximum Gasteiger partial charge on any atom is 0.188 e. The SMILES string of the molecule is Cc1ccc(N2C(=S)N[C@H]3C[C@@]2(C)Oc2ccc(F)cc23)cc1. The molecule has 2 aromatic rings. The van der Waals surface area contributed by atoms with Crippen LogP contribution in [0.5, 0.6) is 5.75 Å². The Balaban J connectivity index is 1.79. The molecule has 1 saturated heterocycles. The molecule has 2 aromatic carbocycles. The second kappa shape index (κ2) is 4.93. The molecule has 2 aliphatic heterocycles. The third-order valence-corrected chi connectivity index (χ3v) is 4.83. The Labute approximate surface area is 140 Å². The Hall–Kier alpha value is -2.14. The fourth-order valence-corrected chi connectivity index (χ4v) is 3.87. The fraction of sp³-hybridized carbons (Fsp3) is 0.278. The summed E-state index contributed by atoms with van der Waals surface area (Å²) in [6.45, 7) is 4.08. The van der Waals surface area contributed by atoms with Gasteiger partial charge in [0.05, 0.1) is 6.04 Å². The molecule has 0 unspecified atom stereocenters. The first-order valence-corrected chi connectivity index (χ1v) is 8.03. The zero-order valence-corrected chi connectivity index (χ0v) is 13.8. The number of hydrogen-bond donors (Lipinski definition) is 1. The molecule has 0 aromatic heterocycles. The van der Waals surface area contributed by atoms with Crippen LogP contribution in [0.25, 0.3) is 0 Å². The third kappa shape index (κ3) is 2.27. The molecule has 2 atom stereocenters. The lowest BCUT2D eigenvalue weighted by Crippen LogP contribution is -2.65. The highest BCUT2D eigenvalue weighted by molar-refractivity contribution is 7.80. The number of anilines is 1. The number of halogens is 1. The summed E-state index contributed by atoms with van der Waals surface area (Å²) in [5, 5.41) is 3.93. The number of nitrogens with zero attached hydrogens (tertiary/aromatic N) is 1. The molecule has 3 nitrogen and oxygen atoms in total. The monoisotopic (exact) mass is 328 g/mol. The number of ether oxygens (including phenoxy) is 1. The number of rotatable bonds is 1. The van der Waals surface area contributed by atoms with Gasteiger partial charge in [-0.1, -0.05) is 17.7 Å². The van der Waals surface area contributed by atoms with Crippen molar-refractivity contribution >= 4 is 23.0 Å². The van der Waals surface area contributed by atoms with Crippen molar-refractivity contribution in [3.8, 4) is 5.75 Å². The average Bonchev–Trinajstić information content (AvgIpc) is 2.49. The van der Waals surface area contributed by atoms with E-state index in [-0.39, 0.29) is 11.9 Å². The van der Waals surface area contributed by atoms with Crippen LogP contribution in [0.1, 0.15) is 30.5 Å². The number of nitrogens with one attached hydrogen (secondary N) is 1. The van der Waals surface area contributed by atoms with E-state index in [0.29, 0.717) is 17.3 Å². The molecule has 0 spiro atoms. The van der Waals surface area contributed by atoms with Crippen LogP contribution >= 0.6 is 12.2 Å². The summed E-state index contributed by atoms with van der Waals surface area (Å²) < 4.78 is 19.8. The summed E-state index contributed by atoms with van der Waals surface area (Å²) in [6, 6.07) is 12.8. The maximum absolute atomic E-state index is 13.6. The van der Waals surface area contributed by atoms with Gasteiger partial charge in [0.1, 0.15) is 11.6 Å². The van der Waals surface area contributed by atoms with Crippen molar-refractivity contribution in [3.05, 3.63) is 59.4 Å². The summed E-state index contributed by atoms with van der Waals surface area (Å²) in [5.41, 5.74) is 2.42. The first-order chi connectivity index (χ1) is 11.0. The molecule has 1 fully saturated rings. The topological polar surface area (TPSA) is 24.5 Å². The predicted molar refractivity (Wildman–Crippen MR) is 92.2 cm³/mol. The van der Waals surface area contributed by atoms with Crippen LogP contribution in [0.2, 0.25) is 0 Å². The van der Waals surface area contributed by atoms with Gasteiger partial charge in [-0.15, -0.1) is 0 Å². The van der Waals surface area contributed by atoms with E-state index in [0.717, 1.165) is 11.3 Å². The summed E-state index contributed by atoms with van der Waals surface area (Å²) in [6.07, 6.45) is 0.692. The van der Waals surface area contributed by atoms with Gasteiger partial charge in [0.15, 0.2) is 10.8 Å². The maximum atomic E-state index is 13.6. The van der Waals surface area contributed by atoms with Gasteiger partial charge in [-0.2, -0.15) is 0 Å². The van der Waals surface area contributed by atoms with Crippen LogP contribution in [0.15, 0.2) is 42.5 Å². The summed E-state index contributed by atoms with van der Waals surface area (Å²) in [4.78, 5) is 2.00. The molecular formula is C18H17FN2OS. The van der Waals surface area contributed by atoms with E-state index < -0.39 is 5.72 Å². The molecule has 1 N–H and O–H groups in total. The van der Waals surface area contributed by atoms with Crippen molar-refractivity contribution in [2.24, 2.45) is 0 Å². The van der Waals surface area contributed by atoms with Crippen LogP contribution in [0.4, 0.5) is 10.1 Å². The lowest BCUT2D eigenvalue weighted by molar-refractivity contribution is 0.0495. The highest BCUT2D eigenvalue weighted by atomic mass is 32.1. The zero-order chi connectivity index (χ0) is 16.2. The molecule has 0 aliphatic carbocycles. The molecule has 2 heterocycles. The van der Waals surface area contributed by atoms with Crippen LogP contribution in [-0.4, -0.2) is 10.8 Å². The fourth-order valence-electron chi connectivity index (χ4n) is 3.43. The first kappa shape index (κ1) is 14.5. The average molecular weight is 328 g/mol. The van der Waals surface area contributed by atoms with Gasteiger partial charge < -0.3 is 10.1 Å². The van der Waals surface area contributed by atoms with Crippen molar-refractivity contribution in [2.45, 2.75) is 32.0 Å². The Kier molecular flexibility index (Phi) is 3.10. The first-order valence-electron chi connectivity index (χ1n) is 7.62. The van der Waals surface area contributed by atoms with Crippen LogP contribution < -0.4 is 15.0 Å². The van der Waals surface area contributed by atoms with Gasteiger partial charge in [-0.05, 0) is 56.4 Å². The van der Waals surface area contributed by atoms with E-state index >= 15 is 0 Å². The minimum absolute atomic E-state index is 0.0337. The van der Waals surface area contributed by atoms with Gasteiger partial charge in [0.25, 0.3) is 0 Å². The molecule has 118 valence electrons. The lowest BCUT2D eigenvalue weighted by Gasteiger charge is -2.52.